The fourth-order valence-corrected chi connectivity index (χ4v) is 1.90. The standard InChI is InChI=1S/C10H21NO3/c1-13-10(14-2)7-11-6-8-4-3-5-9(8)12/h8-12H,3-7H2,1-2H3. The van der Waals surface area contributed by atoms with Crippen LogP contribution in [0.5, 0.6) is 0 Å². The van der Waals surface area contributed by atoms with Gasteiger partial charge in [0, 0.05) is 27.3 Å². The van der Waals surface area contributed by atoms with E-state index in [-0.39, 0.29) is 12.4 Å². The molecule has 2 N–H and O–H groups in total. The Morgan fingerprint density at radius 2 is 2.07 bits per heavy atom. The zero-order valence-corrected chi connectivity index (χ0v) is 9.03. The molecule has 1 aliphatic rings. The van der Waals surface area contributed by atoms with Gasteiger partial charge in [-0.05, 0) is 18.8 Å². The number of ether oxygens (including phenoxy) is 2. The molecule has 0 bridgehead atoms. The minimum absolute atomic E-state index is 0.119. The Kier molecular flexibility index (Phi) is 5.40. The highest BCUT2D eigenvalue weighted by Crippen LogP contribution is 2.24. The van der Waals surface area contributed by atoms with E-state index in [0.717, 1.165) is 25.8 Å². The molecule has 0 amide bonds. The summed E-state index contributed by atoms with van der Waals surface area (Å²) >= 11 is 0. The highest BCUT2D eigenvalue weighted by Gasteiger charge is 2.24. The van der Waals surface area contributed by atoms with Crippen molar-refractivity contribution >= 4 is 0 Å². The highest BCUT2D eigenvalue weighted by molar-refractivity contribution is 4.78. The molecule has 1 fully saturated rings. The van der Waals surface area contributed by atoms with Gasteiger partial charge in [-0.1, -0.05) is 6.42 Å². The van der Waals surface area contributed by atoms with Crippen LogP contribution < -0.4 is 5.32 Å². The van der Waals surface area contributed by atoms with E-state index in [9.17, 15) is 5.11 Å². The van der Waals surface area contributed by atoms with E-state index < -0.39 is 0 Å². The van der Waals surface area contributed by atoms with Crippen LogP contribution in [0.3, 0.4) is 0 Å². The smallest absolute Gasteiger partial charge is 0.169 e. The largest absolute Gasteiger partial charge is 0.393 e. The van der Waals surface area contributed by atoms with Gasteiger partial charge in [0.15, 0.2) is 6.29 Å². The van der Waals surface area contributed by atoms with Gasteiger partial charge < -0.3 is 19.9 Å². The zero-order chi connectivity index (χ0) is 10.4. The van der Waals surface area contributed by atoms with Crippen LogP contribution in [0, 0.1) is 5.92 Å². The number of aliphatic hydroxyl groups is 1. The number of methoxy groups -OCH3 is 2. The van der Waals surface area contributed by atoms with Crippen LogP contribution in [-0.2, 0) is 9.47 Å². The molecule has 0 heterocycles. The average Bonchev–Trinajstić information content (AvgIpc) is 2.59. The number of nitrogens with one attached hydrogen (secondary N) is 1. The minimum Gasteiger partial charge on any atom is -0.393 e. The molecule has 14 heavy (non-hydrogen) atoms. The Morgan fingerprint density at radius 1 is 1.36 bits per heavy atom. The monoisotopic (exact) mass is 203 g/mol. The van der Waals surface area contributed by atoms with Gasteiger partial charge in [-0.15, -0.1) is 0 Å². The number of rotatable bonds is 6. The van der Waals surface area contributed by atoms with Crippen molar-refractivity contribution in [3.8, 4) is 0 Å². The fourth-order valence-electron chi connectivity index (χ4n) is 1.90. The maximum atomic E-state index is 9.57. The molecule has 1 rings (SSSR count). The Bertz CT molecular complexity index is 150. The van der Waals surface area contributed by atoms with E-state index in [1.54, 1.807) is 14.2 Å². The summed E-state index contributed by atoms with van der Waals surface area (Å²) in [4.78, 5) is 0. The maximum absolute atomic E-state index is 9.57. The second-order valence-corrected chi connectivity index (χ2v) is 3.82. The molecule has 2 unspecified atom stereocenters. The first-order chi connectivity index (χ1) is 6.77. The number of hydrogen-bond donors (Lipinski definition) is 2. The van der Waals surface area contributed by atoms with Gasteiger partial charge in [0.25, 0.3) is 0 Å². The lowest BCUT2D eigenvalue weighted by atomic mass is 10.1. The first-order valence-electron chi connectivity index (χ1n) is 5.22. The summed E-state index contributed by atoms with van der Waals surface area (Å²) < 4.78 is 10.1. The van der Waals surface area contributed by atoms with Gasteiger partial charge in [-0.2, -0.15) is 0 Å². The van der Waals surface area contributed by atoms with Gasteiger partial charge >= 0.3 is 0 Å². The van der Waals surface area contributed by atoms with Gasteiger partial charge in [0.05, 0.1) is 6.10 Å². The molecule has 2 atom stereocenters. The zero-order valence-electron chi connectivity index (χ0n) is 9.03. The molecule has 4 heteroatoms. The van der Waals surface area contributed by atoms with E-state index in [2.05, 4.69) is 5.32 Å². The third kappa shape index (κ3) is 3.53. The molecule has 0 radical (unpaired) electrons. The molecule has 0 aromatic rings. The molecular formula is C10H21NO3. The molecule has 84 valence electrons. The Labute approximate surface area is 85.6 Å². The fraction of sp³-hybridized carbons (Fsp3) is 1.00. The molecule has 4 nitrogen and oxygen atoms in total. The van der Waals surface area contributed by atoms with E-state index in [4.69, 9.17) is 9.47 Å². The molecule has 1 aliphatic carbocycles. The van der Waals surface area contributed by atoms with Crippen molar-refractivity contribution in [3.05, 3.63) is 0 Å². The van der Waals surface area contributed by atoms with E-state index in [0.29, 0.717) is 12.5 Å². The summed E-state index contributed by atoms with van der Waals surface area (Å²) in [5.74, 6) is 0.407. The first kappa shape index (κ1) is 11.9. The molecular weight excluding hydrogens is 182 g/mol. The molecule has 0 saturated heterocycles. The minimum atomic E-state index is -0.187. The molecule has 0 spiro atoms. The van der Waals surface area contributed by atoms with Crippen LogP contribution in [0.4, 0.5) is 0 Å². The SMILES string of the molecule is COC(CNCC1CCCC1O)OC. The predicted molar refractivity (Wildman–Crippen MR) is 54.0 cm³/mol. The lowest BCUT2D eigenvalue weighted by Crippen LogP contribution is -2.35. The molecule has 0 aromatic carbocycles. The van der Waals surface area contributed by atoms with Crippen molar-refractivity contribution in [2.75, 3.05) is 27.3 Å². The average molecular weight is 203 g/mol. The van der Waals surface area contributed by atoms with Crippen LogP contribution in [0.1, 0.15) is 19.3 Å². The lowest BCUT2D eigenvalue weighted by Gasteiger charge is -2.18. The molecule has 0 aliphatic heterocycles. The second kappa shape index (κ2) is 6.35. The quantitative estimate of drug-likeness (QED) is 0.612. The Balaban J connectivity index is 2.08. The first-order valence-corrected chi connectivity index (χ1v) is 5.22. The van der Waals surface area contributed by atoms with Crippen LogP contribution in [0.25, 0.3) is 0 Å². The Hall–Kier alpha value is -0.160. The van der Waals surface area contributed by atoms with Gasteiger partial charge in [-0.25, -0.2) is 0 Å². The van der Waals surface area contributed by atoms with Crippen LogP contribution in [0.2, 0.25) is 0 Å². The van der Waals surface area contributed by atoms with Gasteiger partial charge in [-0.3, -0.25) is 0 Å². The van der Waals surface area contributed by atoms with Gasteiger partial charge in [0.2, 0.25) is 0 Å². The summed E-state index contributed by atoms with van der Waals surface area (Å²) in [5, 5.41) is 12.8. The van der Waals surface area contributed by atoms with Crippen molar-refractivity contribution < 1.29 is 14.6 Å². The van der Waals surface area contributed by atoms with Gasteiger partial charge in [0.1, 0.15) is 0 Å². The summed E-state index contributed by atoms with van der Waals surface area (Å²) in [6.45, 7) is 1.53. The summed E-state index contributed by atoms with van der Waals surface area (Å²) in [7, 11) is 3.25. The number of aliphatic hydroxyl groups excluding tert-OH is 1. The second-order valence-electron chi connectivity index (χ2n) is 3.82. The Morgan fingerprint density at radius 3 is 2.57 bits per heavy atom. The lowest BCUT2D eigenvalue weighted by molar-refractivity contribution is -0.0992. The molecule has 0 aromatic heterocycles. The maximum Gasteiger partial charge on any atom is 0.169 e. The van der Waals surface area contributed by atoms with Crippen LogP contribution in [0.15, 0.2) is 0 Å². The van der Waals surface area contributed by atoms with E-state index >= 15 is 0 Å². The highest BCUT2D eigenvalue weighted by atomic mass is 16.7. The van der Waals surface area contributed by atoms with Crippen molar-refractivity contribution in [3.63, 3.8) is 0 Å². The van der Waals surface area contributed by atoms with Crippen molar-refractivity contribution in [1.82, 2.24) is 5.32 Å². The third-order valence-electron chi connectivity index (χ3n) is 2.86. The predicted octanol–water partition coefficient (Wildman–Crippen LogP) is 0.356. The molecule has 1 saturated carbocycles. The van der Waals surface area contributed by atoms with Crippen LogP contribution >= 0.6 is 0 Å². The summed E-state index contributed by atoms with van der Waals surface area (Å²) in [6.07, 6.45) is 2.91. The van der Waals surface area contributed by atoms with Crippen molar-refractivity contribution in [2.45, 2.75) is 31.7 Å². The van der Waals surface area contributed by atoms with Crippen LogP contribution in [-0.4, -0.2) is 44.8 Å². The normalized spacial score (nSPS) is 27.4. The van der Waals surface area contributed by atoms with Crippen molar-refractivity contribution in [2.24, 2.45) is 5.92 Å². The third-order valence-corrected chi connectivity index (χ3v) is 2.86. The van der Waals surface area contributed by atoms with E-state index in [1.165, 1.54) is 0 Å². The number of hydrogen-bond acceptors (Lipinski definition) is 4. The summed E-state index contributed by atoms with van der Waals surface area (Å²) in [5.41, 5.74) is 0. The van der Waals surface area contributed by atoms with Crippen molar-refractivity contribution in [1.29, 1.82) is 0 Å². The topological polar surface area (TPSA) is 50.7 Å². The van der Waals surface area contributed by atoms with E-state index in [1.807, 2.05) is 0 Å². The summed E-state index contributed by atoms with van der Waals surface area (Å²) in [6, 6.07) is 0.